The van der Waals surface area contributed by atoms with Crippen molar-refractivity contribution in [3.63, 3.8) is 0 Å². The van der Waals surface area contributed by atoms with E-state index in [2.05, 4.69) is 15.0 Å². The molecular weight excluding hydrogens is 262 g/mol. The molecule has 0 saturated heterocycles. The van der Waals surface area contributed by atoms with Gasteiger partial charge in [-0.25, -0.2) is 13.4 Å². The van der Waals surface area contributed by atoms with Crippen molar-refractivity contribution in [3.05, 3.63) is 42.7 Å². The molecule has 0 aliphatic heterocycles. The average molecular weight is 273 g/mol. The van der Waals surface area contributed by atoms with Gasteiger partial charge in [0.05, 0.1) is 16.6 Å². The predicted molar refractivity (Wildman–Crippen MR) is 72.4 cm³/mol. The molecule has 3 rings (SSSR count). The van der Waals surface area contributed by atoms with E-state index in [1.807, 2.05) is 0 Å². The first kappa shape index (κ1) is 11.9. The molecule has 0 fully saturated rings. The lowest BCUT2D eigenvalue weighted by Gasteiger charge is -2.04. The molecule has 0 saturated carbocycles. The van der Waals surface area contributed by atoms with Crippen molar-refractivity contribution in [2.45, 2.75) is 4.90 Å². The summed E-state index contributed by atoms with van der Waals surface area (Å²) in [4.78, 5) is 11.7. The smallest absolute Gasteiger partial charge is 0.176 e. The first-order valence-corrected chi connectivity index (χ1v) is 7.54. The maximum absolute atomic E-state index is 11.8. The number of hydrogen-bond donors (Lipinski definition) is 1. The average Bonchev–Trinajstić information content (AvgIpc) is 2.81. The highest BCUT2D eigenvalue weighted by atomic mass is 32.2. The monoisotopic (exact) mass is 273 g/mol. The van der Waals surface area contributed by atoms with Crippen LogP contribution in [0.5, 0.6) is 0 Å². The van der Waals surface area contributed by atoms with Crippen LogP contribution >= 0.6 is 0 Å². The molecule has 0 bridgehead atoms. The van der Waals surface area contributed by atoms with Crippen LogP contribution in [0.25, 0.3) is 22.4 Å². The Morgan fingerprint density at radius 3 is 2.68 bits per heavy atom. The molecule has 19 heavy (non-hydrogen) atoms. The molecule has 5 nitrogen and oxygen atoms in total. The minimum Gasteiger partial charge on any atom is -0.338 e. The minimum atomic E-state index is -3.29. The van der Waals surface area contributed by atoms with Gasteiger partial charge in [-0.15, -0.1) is 0 Å². The van der Waals surface area contributed by atoms with Gasteiger partial charge in [-0.1, -0.05) is 12.1 Å². The highest BCUT2D eigenvalue weighted by Crippen LogP contribution is 2.26. The lowest BCUT2D eigenvalue weighted by Crippen LogP contribution is -2.00. The van der Waals surface area contributed by atoms with Crippen molar-refractivity contribution >= 4 is 20.9 Å². The van der Waals surface area contributed by atoms with E-state index >= 15 is 0 Å². The van der Waals surface area contributed by atoms with Crippen LogP contribution in [0.4, 0.5) is 0 Å². The molecule has 0 aliphatic carbocycles. The van der Waals surface area contributed by atoms with Gasteiger partial charge in [0.25, 0.3) is 0 Å². The number of H-pyrrole nitrogens is 1. The summed E-state index contributed by atoms with van der Waals surface area (Å²) in [6, 6.07) is 8.60. The molecule has 0 aliphatic rings. The Balaban J connectivity index is 2.27. The number of imidazole rings is 1. The number of aromatic nitrogens is 3. The van der Waals surface area contributed by atoms with Gasteiger partial charge in [-0.3, -0.25) is 4.98 Å². The summed E-state index contributed by atoms with van der Waals surface area (Å²) >= 11 is 0. The molecule has 3 aromatic rings. The predicted octanol–water partition coefficient (Wildman–Crippen LogP) is 2.03. The number of fused-ring (bicyclic) bond motifs is 1. The van der Waals surface area contributed by atoms with Crippen LogP contribution in [0, 0.1) is 0 Å². The molecule has 1 N–H and O–H groups in total. The van der Waals surface area contributed by atoms with Gasteiger partial charge in [0, 0.05) is 18.0 Å². The second-order valence-electron chi connectivity index (χ2n) is 4.25. The van der Waals surface area contributed by atoms with Crippen molar-refractivity contribution in [2.24, 2.45) is 0 Å². The Hall–Kier alpha value is -2.21. The Labute approximate surface area is 110 Å². The number of sulfone groups is 1. The third-order valence-corrected chi connectivity index (χ3v) is 3.98. The zero-order valence-electron chi connectivity index (χ0n) is 10.2. The van der Waals surface area contributed by atoms with E-state index in [1.54, 1.807) is 42.7 Å². The normalized spacial score (nSPS) is 11.8. The van der Waals surface area contributed by atoms with E-state index in [4.69, 9.17) is 0 Å². The summed E-state index contributed by atoms with van der Waals surface area (Å²) in [7, 11) is -3.29. The molecule has 96 valence electrons. The van der Waals surface area contributed by atoms with Crippen LogP contribution in [-0.4, -0.2) is 29.6 Å². The van der Waals surface area contributed by atoms with Gasteiger partial charge in [0.2, 0.25) is 0 Å². The first-order chi connectivity index (χ1) is 9.05. The maximum Gasteiger partial charge on any atom is 0.176 e. The van der Waals surface area contributed by atoms with Crippen molar-refractivity contribution in [3.8, 4) is 11.4 Å². The van der Waals surface area contributed by atoms with Crippen molar-refractivity contribution < 1.29 is 8.42 Å². The number of nitrogens with one attached hydrogen (secondary N) is 1. The van der Waals surface area contributed by atoms with E-state index in [0.717, 1.165) is 5.52 Å². The molecular formula is C13H11N3O2S. The summed E-state index contributed by atoms with van der Waals surface area (Å²) in [6.45, 7) is 0. The molecule has 2 aromatic heterocycles. The number of hydrogen-bond acceptors (Lipinski definition) is 4. The van der Waals surface area contributed by atoms with Gasteiger partial charge < -0.3 is 4.98 Å². The molecule has 2 heterocycles. The van der Waals surface area contributed by atoms with Crippen LogP contribution in [0.15, 0.2) is 47.6 Å². The van der Waals surface area contributed by atoms with Crippen molar-refractivity contribution in [1.29, 1.82) is 0 Å². The zero-order chi connectivity index (χ0) is 13.5. The summed E-state index contributed by atoms with van der Waals surface area (Å²) in [5, 5.41) is 0. The first-order valence-electron chi connectivity index (χ1n) is 5.65. The van der Waals surface area contributed by atoms with E-state index in [9.17, 15) is 8.42 Å². The fourth-order valence-corrected chi connectivity index (χ4v) is 2.86. The molecule has 1 aromatic carbocycles. The van der Waals surface area contributed by atoms with Crippen molar-refractivity contribution in [2.75, 3.05) is 6.26 Å². The Kier molecular flexibility index (Phi) is 2.60. The molecule has 0 unspecified atom stereocenters. The lowest BCUT2D eigenvalue weighted by molar-refractivity contribution is 0.602. The minimum absolute atomic E-state index is 0.266. The van der Waals surface area contributed by atoms with Gasteiger partial charge in [-0.05, 0) is 18.2 Å². The summed E-state index contributed by atoms with van der Waals surface area (Å²) in [5.41, 5.74) is 2.11. The second kappa shape index (κ2) is 4.17. The Morgan fingerprint density at radius 2 is 1.95 bits per heavy atom. The van der Waals surface area contributed by atoms with E-state index in [-0.39, 0.29) is 4.90 Å². The molecule has 0 atom stereocenters. The second-order valence-corrected chi connectivity index (χ2v) is 6.23. The fourth-order valence-electron chi connectivity index (χ4n) is 1.97. The van der Waals surface area contributed by atoms with Crippen LogP contribution in [0.1, 0.15) is 0 Å². The van der Waals surface area contributed by atoms with Gasteiger partial charge in [0.1, 0.15) is 11.3 Å². The van der Waals surface area contributed by atoms with Gasteiger partial charge in [0.15, 0.2) is 9.84 Å². The number of nitrogens with zero attached hydrogens (tertiary/aromatic N) is 2. The van der Waals surface area contributed by atoms with E-state index in [0.29, 0.717) is 16.9 Å². The van der Waals surface area contributed by atoms with Gasteiger partial charge >= 0.3 is 0 Å². The van der Waals surface area contributed by atoms with Crippen molar-refractivity contribution in [1.82, 2.24) is 15.0 Å². The highest BCUT2D eigenvalue weighted by molar-refractivity contribution is 7.90. The fraction of sp³-hybridized carbons (Fsp3) is 0.0769. The number of rotatable bonds is 2. The largest absolute Gasteiger partial charge is 0.338 e. The van der Waals surface area contributed by atoms with Gasteiger partial charge in [-0.2, -0.15) is 0 Å². The number of aromatic amines is 1. The molecule has 0 amide bonds. The van der Waals surface area contributed by atoms with Crippen LogP contribution in [0.3, 0.4) is 0 Å². The number of pyridine rings is 1. The quantitative estimate of drug-likeness (QED) is 0.775. The van der Waals surface area contributed by atoms with Crippen LogP contribution < -0.4 is 0 Å². The standard InChI is InChI=1S/C13H11N3O2S/c1-19(17,18)12-5-3-2-4-9(12)13-15-10-6-7-14-8-11(10)16-13/h2-8H,1H3,(H,15,16). The van der Waals surface area contributed by atoms with E-state index in [1.165, 1.54) is 6.26 Å². The van der Waals surface area contributed by atoms with Crippen LogP contribution in [0.2, 0.25) is 0 Å². The topological polar surface area (TPSA) is 75.7 Å². The molecule has 0 radical (unpaired) electrons. The molecule has 0 spiro atoms. The highest BCUT2D eigenvalue weighted by Gasteiger charge is 2.16. The zero-order valence-corrected chi connectivity index (χ0v) is 11.0. The lowest BCUT2D eigenvalue weighted by atomic mass is 10.2. The third-order valence-electron chi connectivity index (χ3n) is 2.83. The summed E-state index contributed by atoms with van der Waals surface area (Å²) in [6.07, 6.45) is 4.49. The SMILES string of the molecule is CS(=O)(=O)c1ccccc1-c1nc2cnccc2[nH]1. The molecule has 6 heteroatoms. The third kappa shape index (κ3) is 2.10. The summed E-state index contributed by atoms with van der Waals surface area (Å²) < 4.78 is 23.6. The Bertz CT molecular complexity index is 820. The number of benzene rings is 1. The maximum atomic E-state index is 11.8. The van der Waals surface area contributed by atoms with E-state index < -0.39 is 9.84 Å². The Morgan fingerprint density at radius 1 is 1.16 bits per heavy atom. The summed E-state index contributed by atoms with van der Waals surface area (Å²) in [5.74, 6) is 0.532. The van der Waals surface area contributed by atoms with Crippen LogP contribution in [-0.2, 0) is 9.84 Å².